The minimum atomic E-state index is -1.37. The summed E-state index contributed by atoms with van der Waals surface area (Å²) in [6.45, 7) is 0.366. The predicted molar refractivity (Wildman–Crippen MR) is 66.3 cm³/mol. The molecule has 1 fully saturated rings. The van der Waals surface area contributed by atoms with Crippen molar-refractivity contribution in [2.45, 2.75) is 12.0 Å². The van der Waals surface area contributed by atoms with Gasteiger partial charge in [-0.25, -0.2) is 4.39 Å². The number of anilines is 1. The first-order chi connectivity index (χ1) is 8.83. The molecule has 0 bridgehead atoms. The third-order valence-electron chi connectivity index (χ3n) is 3.30. The molecule has 0 radical (unpaired) electrons. The molecule has 7 heteroatoms. The Labute approximate surface area is 108 Å². The van der Waals surface area contributed by atoms with Crippen LogP contribution in [0, 0.1) is 5.82 Å². The highest BCUT2D eigenvalue weighted by Crippen LogP contribution is 2.28. The van der Waals surface area contributed by atoms with E-state index in [0.29, 0.717) is 6.54 Å². The Kier molecular flexibility index (Phi) is 3.15. The van der Waals surface area contributed by atoms with Gasteiger partial charge in [-0.2, -0.15) is 0 Å². The van der Waals surface area contributed by atoms with Gasteiger partial charge in [0.2, 0.25) is 5.91 Å². The molecule has 1 saturated heterocycles. The molecule has 0 saturated carbocycles. The van der Waals surface area contributed by atoms with E-state index in [1.165, 1.54) is 12.1 Å². The standard InChI is InChI=1S/C12H14FN3O3/c13-8-5-7(10(14)17)1-2-9(8)16-4-3-12(15,6-16)11(18)19/h1-2,5H,3-4,6,15H2,(H2,14,17)(H,18,19). The number of nitrogens with zero attached hydrogens (tertiary/aromatic N) is 1. The van der Waals surface area contributed by atoms with Crippen LogP contribution in [-0.4, -0.2) is 35.6 Å². The topological polar surface area (TPSA) is 110 Å². The molecule has 0 aliphatic carbocycles. The van der Waals surface area contributed by atoms with E-state index in [9.17, 15) is 14.0 Å². The number of halogens is 1. The summed E-state index contributed by atoms with van der Waals surface area (Å²) in [5.41, 5.74) is 9.69. The average Bonchev–Trinajstić information content (AvgIpc) is 2.73. The highest BCUT2D eigenvalue weighted by atomic mass is 19.1. The van der Waals surface area contributed by atoms with Crippen LogP contribution >= 0.6 is 0 Å². The molecule has 1 unspecified atom stereocenters. The normalized spacial score (nSPS) is 22.5. The fourth-order valence-electron chi connectivity index (χ4n) is 2.13. The van der Waals surface area contributed by atoms with E-state index in [2.05, 4.69) is 0 Å². The summed E-state index contributed by atoms with van der Waals surface area (Å²) >= 11 is 0. The number of nitrogens with two attached hydrogens (primary N) is 2. The van der Waals surface area contributed by atoms with Gasteiger partial charge >= 0.3 is 5.97 Å². The highest BCUT2D eigenvalue weighted by molar-refractivity contribution is 5.93. The molecule has 1 heterocycles. The number of primary amides is 1. The molecular formula is C12H14FN3O3. The highest BCUT2D eigenvalue weighted by Gasteiger charge is 2.41. The summed E-state index contributed by atoms with van der Waals surface area (Å²) in [6.07, 6.45) is 0.235. The Morgan fingerprint density at radius 1 is 1.42 bits per heavy atom. The lowest BCUT2D eigenvalue weighted by Gasteiger charge is -2.22. The van der Waals surface area contributed by atoms with Crippen LogP contribution in [0.25, 0.3) is 0 Å². The molecule has 6 nitrogen and oxygen atoms in total. The number of hydrogen-bond acceptors (Lipinski definition) is 4. The molecule has 1 aliphatic rings. The zero-order valence-corrected chi connectivity index (χ0v) is 10.1. The van der Waals surface area contributed by atoms with E-state index in [1.54, 1.807) is 4.90 Å². The Balaban J connectivity index is 2.25. The first kappa shape index (κ1) is 13.3. The van der Waals surface area contributed by atoms with Gasteiger partial charge < -0.3 is 21.5 Å². The van der Waals surface area contributed by atoms with Crippen molar-refractivity contribution in [3.8, 4) is 0 Å². The van der Waals surface area contributed by atoms with Crippen molar-refractivity contribution >= 4 is 17.6 Å². The number of hydrogen-bond donors (Lipinski definition) is 3. The maximum Gasteiger partial charge on any atom is 0.325 e. The average molecular weight is 267 g/mol. The van der Waals surface area contributed by atoms with Crippen LogP contribution in [-0.2, 0) is 4.79 Å². The van der Waals surface area contributed by atoms with Crippen molar-refractivity contribution < 1.29 is 19.1 Å². The Morgan fingerprint density at radius 3 is 2.58 bits per heavy atom. The number of benzene rings is 1. The first-order valence-corrected chi connectivity index (χ1v) is 5.70. The van der Waals surface area contributed by atoms with Crippen LogP contribution in [0.1, 0.15) is 16.8 Å². The van der Waals surface area contributed by atoms with Crippen LogP contribution < -0.4 is 16.4 Å². The molecule has 2 rings (SSSR count). The maximum absolute atomic E-state index is 13.9. The lowest BCUT2D eigenvalue weighted by atomic mass is 10.0. The molecule has 1 aliphatic heterocycles. The predicted octanol–water partition coefficient (Wildman–Crippen LogP) is -0.0832. The minimum Gasteiger partial charge on any atom is -0.480 e. The zero-order valence-electron chi connectivity index (χ0n) is 10.1. The molecule has 1 aromatic carbocycles. The Bertz CT molecular complexity index is 549. The summed E-state index contributed by atoms with van der Waals surface area (Å²) < 4.78 is 13.9. The molecule has 19 heavy (non-hydrogen) atoms. The number of rotatable bonds is 3. The van der Waals surface area contributed by atoms with Gasteiger partial charge in [0.15, 0.2) is 0 Å². The SMILES string of the molecule is NC(=O)c1ccc(N2CCC(N)(C(=O)O)C2)c(F)c1. The number of aliphatic carboxylic acids is 1. The third kappa shape index (κ3) is 2.37. The van der Waals surface area contributed by atoms with Crippen LogP contribution in [0.5, 0.6) is 0 Å². The van der Waals surface area contributed by atoms with E-state index >= 15 is 0 Å². The quantitative estimate of drug-likeness (QED) is 0.709. The second-order valence-electron chi connectivity index (χ2n) is 4.66. The molecule has 0 spiro atoms. The third-order valence-corrected chi connectivity index (χ3v) is 3.30. The second-order valence-corrected chi connectivity index (χ2v) is 4.66. The smallest absolute Gasteiger partial charge is 0.325 e. The molecular weight excluding hydrogens is 253 g/mol. The molecule has 1 atom stereocenters. The van der Waals surface area contributed by atoms with E-state index in [4.69, 9.17) is 16.6 Å². The van der Waals surface area contributed by atoms with Crippen LogP contribution in [0.3, 0.4) is 0 Å². The van der Waals surface area contributed by atoms with Gasteiger partial charge in [0.05, 0.1) is 5.69 Å². The van der Waals surface area contributed by atoms with Gasteiger partial charge in [0, 0.05) is 18.7 Å². The largest absolute Gasteiger partial charge is 0.480 e. The zero-order chi connectivity index (χ0) is 14.2. The van der Waals surface area contributed by atoms with Crippen LogP contribution in [0.15, 0.2) is 18.2 Å². The van der Waals surface area contributed by atoms with Gasteiger partial charge in [-0.3, -0.25) is 9.59 Å². The van der Waals surface area contributed by atoms with Crippen molar-refractivity contribution in [3.05, 3.63) is 29.6 Å². The van der Waals surface area contributed by atoms with Gasteiger partial charge in [-0.15, -0.1) is 0 Å². The first-order valence-electron chi connectivity index (χ1n) is 5.70. The minimum absolute atomic E-state index is 0.0230. The molecule has 1 amide bonds. The number of carboxylic acid groups (broad SMARTS) is 1. The van der Waals surface area contributed by atoms with Crippen molar-refractivity contribution in [3.63, 3.8) is 0 Å². The van der Waals surface area contributed by atoms with Crippen LogP contribution in [0.2, 0.25) is 0 Å². The number of amides is 1. The van der Waals surface area contributed by atoms with E-state index in [1.807, 2.05) is 0 Å². The maximum atomic E-state index is 13.9. The van der Waals surface area contributed by atoms with Crippen molar-refractivity contribution in [2.24, 2.45) is 11.5 Å². The fraction of sp³-hybridized carbons (Fsp3) is 0.333. The molecule has 5 N–H and O–H groups in total. The van der Waals surface area contributed by atoms with Crippen molar-refractivity contribution in [1.29, 1.82) is 0 Å². The summed E-state index contributed by atoms with van der Waals surface area (Å²) in [4.78, 5) is 23.5. The van der Waals surface area contributed by atoms with Gasteiger partial charge in [0.1, 0.15) is 11.4 Å². The summed E-state index contributed by atoms with van der Waals surface area (Å²) in [6, 6.07) is 3.84. The monoisotopic (exact) mass is 267 g/mol. The Morgan fingerprint density at radius 2 is 2.11 bits per heavy atom. The van der Waals surface area contributed by atoms with Crippen molar-refractivity contribution in [1.82, 2.24) is 0 Å². The van der Waals surface area contributed by atoms with Gasteiger partial charge in [-0.1, -0.05) is 0 Å². The Hall–Kier alpha value is -2.15. The summed E-state index contributed by atoms with van der Waals surface area (Å²) in [5, 5.41) is 9.02. The van der Waals surface area contributed by atoms with E-state index in [0.717, 1.165) is 6.07 Å². The van der Waals surface area contributed by atoms with Gasteiger partial charge in [-0.05, 0) is 24.6 Å². The van der Waals surface area contributed by atoms with E-state index in [-0.39, 0.29) is 24.2 Å². The van der Waals surface area contributed by atoms with Crippen LogP contribution in [0.4, 0.5) is 10.1 Å². The number of carbonyl (C=O) groups excluding carboxylic acids is 1. The number of carbonyl (C=O) groups is 2. The number of carboxylic acids is 1. The molecule has 1 aromatic rings. The van der Waals surface area contributed by atoms with Crippen molar-refractivity contribution in [2.75, 3.05) is 18.0 Å². The summed E-state index contributed by atoms with van der Waals surface area (Å²) in [7, 11) is 0. The lowest BCUT2D eigenvalue weighted by molar-refractivity contribution is -0.142. The second kappa shape index (κ2) is 4.51. The summed E-state index contributed by atoms with van der Waals surface area (Å²) in [5.74, 6) is -2.44. The molecule has 102 valence electrons. The lowest BCUT2D eigenvalue weighted by Crippen LogP contribution is -2.50. The van der Waals surface area contributed by atoms with Gasteiger partial charge in [0.25, 0.3) is 0 Å². The molecule has 0 aromatic heterocycles. The van der Waals surface area contributed by atoms with E-state index < -0.39 is 23.2 Å². The fourth-order valence-corrected chi connectivity index (χ4v) is 2.13.